The molecule has 2 N–H and O–H groups in total. The number of carbonyl (C=O) groups is 2. The van der Waals surface area contributed by atoms with E-state index in [4.69, 9.17) is 8.83 Å². The van der Waals surface area contributed by atoms with E-state index in [9.17, 15) is 9.59 Å². The highest BCUT2D eigenvalue weighted by molar-refractivity contribution is 7.18. The minimum atomic E-state index is -0.357. The maximum absolute atomic E-state index is 12.4. The lowest BCUT2D eigenvalue weighted by molar-refractivity contribution is 0.0949. The van der Waals surface area contributed by atoms with Crippen molar-refractivity contribution < 1.29 is 18.4 Å². The number of nitrogens with one attached hydrogen (secondary N) is 2. The fourth-order valence-corrected chi connectivity index (χ4v) is 3.19. The number of aromatic nitrogens is 1. The Kier molecular flexibility index (Phi) is 4.71. The van der Waals surface area contributed by atoms with Crippen LogP contribution < -0.4 is 10.6 Å². The molecule has 0 saturated carbocycles. The van der Waals surface area contributed by atoms with Crippen LogP contribution in [0.2, 0.25) is 0 Å². The molecule has 0 fully saturated rings. The lowest BCUT2D eigenvalue weighted by atomic mass is 10.3. The Morgan fingerprint density at radius 2 is 2.04 bits per heavy atom. The van der Waals surface area contributed by atoms with Crippen LogP contribution in [0.25, 0.3) is 0 Å². The summed E-state index contributed by atoms with van der Waals surface area (Å²) in [7, 11) is 0. The van der Waals surface area contributed by atoms with Gasteiger partial charge in [-0.25, -0.2) is 4.98 Å². The number of furan rings is 1. The van der Waals surface area contributed by atoms with E-state index in [1.54, 1.807) is 18.2 Å². The van der Waals surface area contributed by atoms with E-state index in [0.29, 0.717) is 15.8 Å². The zero-order chi connectivity index (χ0) is 18.0. The number of thiophene rings is 1. The second-order valence-corrected chi connectivity index (χ2v) is 6.54. The van der Waals surface area contributed by atoms with Gasteiger partial charge in [0, 0.05) is 0 Å². The van der Waals surface area contributed by atoms with Gasteiger partial charge in [0.05, 0.1) is 28.4 Å². The highest BCUT2D eigenvalue weighted by Gasteiger charge is 2.17. The van der Waals surface area contributed by atoms with Crippen molar-refractivity contribution in [2.75, 3.05) is 5.32 Å². The average Bonchev–Trinajstić information content (AvgIpc) is 3.27. The summed E-state index contributed by atoms with van der Waals surface area (Å²) >= 11 is 1.20. The fourth-order valence-electron chi connectivity index (χ4n) is 2.20. The molecule has 3 heterocycles. The Balaban J connectivity index is 1.65. The van der Waals surface area contributed by atoms with Crippen molar-refractivity contribution in [3.63, 3.8) is 0 Å². The maximum atomic E-state index is 12.4. The third kappa shape index (κ3) is 3.80. The van der Waals surface area contributed by atoms with Crippen molar-refractivity contribution in [3.8, 4) is 0 Å². The van der Waals surface area contributed by atoms with Crippen LogP contribution in [0.5, 0.6) is 0 Å². The van der Waals surface area contributed by atoms with Crippen molar-refractivity contribution in [1.29, 1.82) is 0 Å². The van der Waals surface area contributed by atoms with E-state index in [0.717, 1.165) is 17.0 Å². The van der Waals surface area contributed by atoms with E-state index in [1.807, 2.05) is 20.8 Å². The van der Waals surface area contributed by atoms with E-state index >= 15 is 0 Å². The Hall–Kier alpha value is -2.87. The minimum absolute atomic E-state index is 0.207. The minimum Gasteiger partial charge on any atom is -0.459 e. The van der Waals surface area contributed by atoms with Crippen molar-refractivity contribution in [1.82, 2.24) is 10.3 Å². The monoisotopic (exact) mass is 359 g/mol. The number of oxazole rings is 1. The summed E-state index contributed by atoms with van der Waals surface area (Å²) in [5.74, 6) is 0.813. The molecule has 0 unspecified atom stereocenters. The smallest absolute Gasteiger partial charge is 0.291 e. The highest BCUT2D eigenvalue weighted by Crippen LogP contribution is 2.27. The summed E-state index contributed by atoms with van der Waals surface area (Å²) in [5, 5.41) is 6.07. The van der Waals surface area contributed by atoms with Gasteiger partial charge in [0.15, 0.2) is 5.76 Å². The first kappa shape index (κ1) is 17.0. The zero-order valence-corrected chi connectivity index (χ0v) is 14.8. The molecular formula is C17H17N3O4S. The van der Waals surface area contributed by atoms with E-state index in [-0.39, 0.29) is 24.1 Å². The fraction of sp³-hybridized carbons (Fsp3) is 0.235. The summed E-state index contributed by atoms with van der Waals surface area (Å²) in [6.07, 6.45) is 1.43. The van der Waals surface area contributed by atoms with Gasteiger partial charge in [0.1, 0.15) is 5.76 Å². The molecule has 0 aliphatic heterocycles. The Morgan fingerprint density at radius 1 is 1.24 bits per heavy atom. The van der Waals surface area contributed by atoms with Crippen LogP contribution in [-0.2, 0) is 6.54 Å². The third-order valence-electron chi connectivity index (χ3n) is 3.58. The molecule has 0 spiro atoms. The number of anilines is 1. The van der Waals surface area contributed by atoms with Gasteiger partial charge in [-0.1, -0.05) is 0 Å². The summed E-state index contributed by atoms with van der Waals surface area (Å²) in [4.78, 5) is 29.1. The summed E-state index contributed by atoms with van der Waals surface area (Å²) in [5.41, 5.74) is 1.58. The van der Waals surface area contributed by atoms with E-state index < -0.39 is 0 Å². The van der Waals surface area contributed by atoms with Gasteiger partial charge in [-0.05, 0) is 44.5 Å². The number of nitrogens with zero attached hydrogens (tertiary/aromatic N) is 1. The molecule has 130 valence electrons. The Labute approximate surface area is 148 Å². The van der Waals surface area contributed by atoms with Crippen LogP contribution in [-0.4, -0.2) is 16.8 Å². The Bertz CT molecular complexity index is 889. The molecule has 3 rings (SSSR count). The SMILES string of the molecule is Cc1cc(NC(=O)c2ccco2)sc1C(=O)NCc1nc(C)c(C)o1. The molecule has 0 radical (unpaired) electrons. The van der Waals surface area contributed by atoms with Crippen LogP contribution in [0.1, 0.15) is 43.1 Å². The molecule has 7 nitrogen and oxygen atoms in total. The first-order valence-corrected chi connectivity index (χ1v) is 8.42. The maximum Gasteiger partial charge on any atom is 0.291 e. The van der Waals surface area contributed by atoms with Gasteiger partial charge in [-0.2, -0.15) is 0 Å². The van der Waals surface area contributed by atoms with Crippen molar-refractivity contribution in [2.24, 2.45) is 0 Å². The van der Waals surface area contributed by atoms with Crippen LogP contribution >= 0.6 is 11.3 Å². The second kappa shape index (κ2) is 6.94. The number of rotatable bonds is 5. The van der Waals surface area contributed by atoms with Gasteiger partial charge >= 0.3 is 0 Å². The number of carbonyl (C=O) groups excluding carboxylic acids is 2. The summed E-state index contributed by atoms with van der Waals surface area (Å²) in [6.45, 7) is 5.69. The van der Waals surface area contributed by atoms with Crippen molar-refractivity contribution in [3.05, 3.63) is 58.0 Å². The molecule has 3 aromatic heterocycles. The standard InChI is InChI=1S/C17H17N3O4S/c1-9-7-14(20-16(21)12-5-4-6-23-12)25-15(9)17(22)18-8-13-19-10(2)11(3)24-13/h4-7H,8H2,1-3H3,(H,18,22)(H,20,21). The number of hydrogen-bond donors (Lipinski definition) is 2. The normalized spacial score (nSPS) is 10.7. The highest BCUT2D eigenvalue weighted by atomic mass is 32.1. The predicted molar refractivity (Wildman–Crippen MR) is 92.9 cm³/mol. The Morgan fingerprint density at radius 3 is 2.68 bits per heavy atom. The molecule has 0 saturated heterocycles. The van der Waals surface area contributed by atoms with E-state index in [2.05, 4.69) is 15.6 Å². The molecule has 0 aliphatic rings. The number of amides is 2. The molecular weight excluding hydrogens is 342 g/mol. The number of aryl methyl sites for hydroxylation is 3. The van der Waals surface area contributed by atoms with Gasteiger partial charge in [-0.15, -0.1) is 11.3 Å². The molecule has 25 heavy (non-hydrogen) atoms. The average molecular weight is 359 g/mol. The largest absolute Gasteiger partial charge is 0.459 e. The molecule has 0 aromatic carbocycles. The second-order valence-electron chi connectivity index (χ2n) is 5.49. The molecule has 0 bridgehead atoms. The van der Waals surface area contributed by atoms with Gasteiger partial charge < -0.3 is 19.5 Å². The van der Waals surface area contributed by atoms with Crippen molar-refractivity contribution >= 4 is 28.2 Å². The van der Waals surface area contributed by atoms with E-state index in [1.165, 1.54) is 17.6 Å². The quantitative estimate of drug-likeness (QED) is 0.727. The van der Waals surface area contributed by atoms with Crippen LogP contribution in [0.4, 0.5) is 5.00 Å². The summed E-state index contributed by atoms with van der Waals surface area (Å²) in [6, 6.07) is 4.96. The lowest BCUT2D eigenvalue weighted by Crippen LogP contribution is -2.22. The zero-order valence-electron chi connectivity index (χ0n) is 14.0. The molecule has 2 amide bonds. The van der Waals surface area contributed by atoms with Crippen LogP contribution in [0.3, 0.4) is 0 Å². The van der Waals surface area contributed by atoms with Crippen LogP contribution in [0, 0.1) is 20.8 Å². The van der Waals surface area contributed by atoms with Crippen LogP contribution in [0.15, 0.2) is 33.3 Å². The molecule has 0 atom stereocenters. The molecule has 8 heteroatoms. The molecule has 0 aliphatic carbocycles. The van der Waals surface area contributed by atoms with Gasteiger partial charge in [0.25, 0.3) is 11.8 Å². The number of hydrogen-bond acceptors (Lipinski definition) is 6. The predicted octanol–water partition coefficient (Wildman–Crippen LogP) is 3.44. The lowest BCUT2D eigenvalue weighted by Gasteiger charge is -2.01. The topological polar surface area (TPSA) is 97.4 Å². The third-order valence-corrected chi connectivity index (χ3v) is 4.73. The van der Waals surface area contributed by atoms with Crippen molar-refractivity contribution in [2.45, 2.75) is 27.3 Å². The van der Waals surface area contributed by atoms with Gasteiger partial charge in [0.2, 0.25) is 5.89 Å². The molecule has 3 aromatic rings. The first-order chi connectivity index (χ1) is 11.9. The summed E-state index contributed by atoms with van der Waals surface area (Å²) < 4.78 is 10.5. The first-order valence-electron chi connectivity index (χ1n) is 7.60. The van der Waals surface area contributed by atoms with Gasteiger partial charge in [-0.3, -0.25) is 9.59 Å².